The predicted molar refractivity (Wildman–Crippen MR) is 229 cm³/mol. The molecule has 0 aliphatic carbocycles. The molecule has 0 unspecified atom stereocenters. The Morgan fingerprint density at radius 3 is 1.67 bits per heavy atom. The van der Waals surface area contributed by atoms with Crippen LogP contribution in [0.15, 0.2) is 218 Å². The summed E-state index contributed by atoms with van der Waals surface area (Å²) >= 11 is 0. The molecular formula is C52H36N2. The monoisotopic (exact) mass is 688 g/mol. The van der Waals surface area contributed by atoms with E-state index in [1.807, 2.05) is 0 Å². The standard InChI is InChI=1S/C52H36N2/c1-4-16-37(17-5-1)46-25-12-13-26-47(46)48-28-15-29-50-52(48)49-35-34-43(36-51(49)54(50)41-22-8-3-9-23-41)53(40-20-6-2-7-21-40)42-32-30-39(31-33-42)45-27-14-19-38-18-10-11-24-44(38)45/h1-36H. The zero-order chi connectivity index (χ0) is 35.8. The van der Waals surface area contributed by atoms with Gasteiger partial charge in [0.2, 0.25) is 0 Å². The Morgan fingerprint density at radius 2 is 0.870 bits per heavy atom. The van der Waals surface area contributed by atoms with Crippen molar-refractivity contribution >= 4 is 49.6 Å². The van der Waals surface area contributed by atoms with E-state index in [-0.39, 0.29) is 0 Å². The normalized spacial score (nSPS) is 11.3. The highest BCUT2D eigenvalue weighted by atomic mass is 15.1. The molecule has 0 amide bonds. The van der Waals surface area contributed by atoms with Gasteiger partial charge in [-0.25, -0.2) is 0 Å². The maximum Gasteiger partial charge on any atom is 0.0562 e. The van der Waals surface area contributed by atoms with E-state index in [0.29, 0.717) is 0 Å². The van der Waals surface area contributed by atoms with Gasteiger partial charge in [-0.15, -0.1) is 0 Å². The van der Waals surface area contributed by atoms with E-state index in [0.717, 1.165) is 28.3 Å². The molecule has 0 aliphatic rings. The summed E-state index contributed by atoms with van der Waals surface area (Å²) in [6.07, 6.45) is 0. The largest absolute Gasteiger partial charge is 0.310 e. The number of para-hydroxylation sites is 2. The fourth-order valence-corrected chi connectivity index (χ4v) is 8.15. The lowest BCUT2D eigenvalue weighted by atomic mass is 9.92. The van der Waals surface area contributed by atoms with Gasteiger partial charge in [-0.3, -0.25) is 0 Å². The lowest BCUT2D eigenvalue weighted by Gasteiger charge is -2.26. The molecule has 254 valence electrons. The molecule has 0 fully saturated rings. The molecule has 0 atom stereocenters. The summed E-state index contributed by atoms with van der Waals surface area (Å²) in [6, 6.07) is 78.8. The summed E-state index contributed by atoms with van der Waals surface area (Å²) in [7, 11) is 0. The van der Waals surface area contributed by atoms with Gasteiger partial charge >= 0.3 is 0 Å². The molecule has 2 heteroatoms. The molecule has 0 bridgehead atoms. The number of fused-ring (bicyclic) bond motifs is 4. The number of nitrogens with zero attached hydrogens (tertiary/aromatic N) is 2. The molecule has 0 N–H and O–H groups in total. The molecule has 0 radical (unpaired) electrons. The molecule has 10 rings (SSSR count). The van der Waals surface area contributed by atoms with Crippen LogP contribution in [0, 0.1) is 0 Å². The average Bonchev–Trinajstić information content (AvgIpc) is 3.59. The quantitative estimate of drug-likeness (QED) is 0.162. The smallest absolute Gasteiger partial charge is 0.0562 e. The maximum atomic E-state index is 2.43. The SMILES string of the molecule is c1ccc(-c2ccccc2-c2cccc3c2c2ccc(N(c4ccccc4)c4ccc(-c5cccc6ccccc56)cc4)cc2n3-c2ccccc2)cc1. The average molecular weight is 689 g/mol. The zero-order valence-electron chi connectivity index (χ0n) is 29.7. The van der Waals surface area contributed by atoms with E-state index in [9.17, 15) is 0 Å². The van der Waals surface area contributed by atoms with E-state index >= 15 is 0 Å². The fraction of sp³-hybridized carbons (Fsp3) is 0. The molecular weight excluding hydrogens is 653 g/mol. The number of hydrogen-bond acceptors (Lipinski definition) is 1. The summed E-state index contributed by atoms with van der Waals surface area (Å²) in [5, 5.41) is 4.98. The van der Waals surface area contributed by atoms with Gasteiger partial charge in [-0.2, -0.15) is 0 Å². The van der Waals surface area contributed by atoms with Crippen LogP contribution >= 0.6 is 0 Å². The number of rotatable bonds is 7. The van der Waals surface area contributed by atoms with E-state index in [4.69, 9.17) is 0 Å². The highest BCUT2D eigenvalue weighted by molar-refractivity contribution is 6.17. The Bertz CT molecular complexity index is 2900. The summed E-state index contributed by atoms with van der Waals surface area (Å²) < 4.78 is 2.43. The van der Waals surface area contributed by atoms with Crippen LogP contribution in [0.25, 0.3) is 71.6 Å². The number of hydrogen-bond donors (Lipinski definition) is 0. The Kier molecular flexibility index (Phi) is 7.85. The minimum Gasteiger partial charge on any atom is -0.310 e. The fourth-order valence-electron chi connectivity index (χ4n) is 8.15. The van der Waals surface area contributed by atoms with Crippen molar-refractivity contribution in [3.8, 4) is 39.1 Å². The van der Waals surface area contributed by atoms with Crippen LogP contribution in [0.2, 0.25) is 0 Å². The van der Waals surface area contributed by atoms with Crippen molar-refractivity contribution in [3.63, 3.8) is 0 Å². The lowest BCUT2D eigenvalue weighted by molar-refractivity contribution is 1.18. The second kappa shape index (κ2) is 13.4. The summed E-state index contributed by atoms with van der Waals surface area (Å²) in [6.45, 7) is 0. The summed E-state index contributed by atoms with van der Waals surface area (Å²) in [5.41, 5.74) is 14.1. The van der Waals surface area contributed by atoms with Crippen LogP contribution in [0.1, 0.15) is 0 Å². The summed E-state index contributed by atoms with van der Waals surface area (Å²) in [4.78, 5) is 2.37. The minimum atomic E-state index is 1.10. The van der Waals surface area contributed by atoms with Crippen molar-refractivity contribution in [1.29, 1.82) is 0 Å². The Labute approximate surface area is 315 Å². The Hall–Kier alpha value is -7.16. The van der Waals surface area contributed by atoms with Gasteiger partial charge in [0.1, 0.15) is 0 Å². The molecule has 10 aromatic rings. The molecule has 54 heavy (non-hydrogen) atoms. The van der Waals surface area contributed by atoms with Crippen LogP contribution in [-0.2, 0) is 0 Å². The van der Waals surface area contributed by atoms with Crippen molar-refractivity contribution < 1.29 is 0 Å². The molecule has 0 spiro atoms. The van der Waals surface area contributed by atoms with Gasteiger partial charge in [0.15, 0.2) is 0 Å². The topological polar surface area (TPSA) is 8.17 Å². The number of benzene rings is 9. The number of aromatic nitrogens is 1. The van der Waals surface area contributed by atoms with Gasteiger partial charge in [-0.1, -0.05) is 164 Å². The molecule has 0 saturated heterocycles. The van der Waals surface area contributed by atoms with E-state index in [1.165, 1.54) is 60.4 Å². The van der Waals surface area contributed by atoms with Gasteiger partial charge in [0.05, 0.1) is 11.0 Å². The Morgan fingerprint density at radius 1 is 0.315 bits per heavy atom. The minimum absolute atomic E-state index is 1.10. The van der Waals surface area contributed by atoms with Crippen molar-refractivity contribution in [1.82, 2.24) is 4.57 Å². The molecule has 9 aromatic carbocycles. The van der Waals surface area contributed by atoms with Crippen LogP contribution in [-0.4, -0.2) is 4.57 Å². The first-order chi connectivity index (χ1) is 26.8. The second-order valence-corrected chi connectivity index (χ2v) is 13.7. The second-order valence-electron chi connectivity index (χ2n) is 13.7. The van der Waals surface area contributed by atoms with Crippen LogP contribution in [0.5, 0.6) is 0 Å². The van der Waals surface area contributed by atoms with Crippen molar-refractivity contribution in [2.75, 3.05) is 4.90 Å². The molecule has 2 nitrogen and oxygen atoms in total. The Balaban J connectivity index is 1.18. The molecule has 0 aliphatic heterocycles. The predicted octanol–water partition coefficient (Wildman–Crippen LogP) is 14.4. The molecule has 0 saturated carbocycles. The third-order valence-corrected chi connectivity index (χ3v) is 10.6. The highest BCUT2D eigenvalue weighted by Gasteiger charge is 2.21. The van der Waals surface area contributed by atoms with Crippen LogP contribution in [0.4, 0.5) is 17.1 Å². The van der Waals surface area contributed by atoms with Crippen molar-refractivity contribution in [2.45, 2.75) is 0 Å². The van der Waals surface area contributed by atoms with Gasteiger partial charge in [0, 0.05) is 33.5 Å². The first-order valence-electron chi connectivity index (χ1n) is 18.5. The molecule has 1 heterocycles. The van der Waals surface area contributed by atoms with E-state index < -0.39 is 0 Å². The van der Waals surface area contributed by atoms with Gasteiger partial charge < -0.3 is 9.47 Å². The van der Waals surface area contributed by atoms with Gasteiger partial charge in [-0.05, 0) is 98.8 Å². The van der Waals surface area contributed by atoms with Crippen LogP contribution < -0.4 is 4.90 Å². The number of anilines is 3. The highest BCUT2D eigenvalue weighted by Crippen LogP contribution is 2.44. The first kappa shape index (κ1) is 31.6. The van der Waals surface area contributed by atoms with E-state index in [1.54, 1.807) is 0 Å². The van der Waals surface area contributed by atoms with Crippen molar-refractivity contribution in [3.05, 3.63) is 218 Å². The summed E-state index contributed by atoms with van der Waals surface area (Å²) in [5.74, 6) is 0. The van der Waals surface area contributed by atoms with Gasteiger partial charge in [0.25, 0.3) is 0 Å². The third-order valence-electron chi connectivity index (χ3n) is 10.6. The zero-order valence-corrected chi connectivity index (χ0v) is 29.7. The lowest BCUT2D eigenvalue weighted by Crippen LogP contribution is -2.10. The maximum absolute atomic E-state index is 2.43. The third kappa shape index (κ3) is 5.44. The first-order valence-corrected chi connectivity index (χ1v) is 18.5. The van der Waals surface area contributed by atoms with Crippen LogP contribution in [0.3, 0.4) is 0 Å². The molecule has 1 aromatic heterocycles. The van der Waals surface area contributed by atoms with E-state index in [2.05, 4.69) is 228 Å². The van der Waals surface area contributed by atoms with Crippen molar-refractivity contribution in [2.24, 2.45) is 0 Å².